The second-order valence-corrected chi connectivity index (χ2v) is 5.44. The summed E-state index contributed by atoms with van der Waals surface area (Å²) in [6.45, 7) is 0.700. The monoisotopic (exact) mass is 317 g/mol. The summed E-state index contributed by atoms with van der Waals surface area (Å²) in [6, 6.07) is 27.8. The van der Waals surface area contributed by atoms with Crippen molar-refractivity contribution < 1.29 is 9.53 Å². The van der Waals surface area contributed by atoms with Gasteiger partial charge in [-0.05, 0) is 22.3 Å². The van der Waals surface area contributed by atoms with Gasteiger partial charge in [0.1, 0.15) is 6.61 Å². The Balaban J connectivity index is 1.60. The van der Waals surface area contributed by atoms with Crippen LogP contribution in [-0.4, -0.2) is 6.09 Å². The standard InChI is InChI=1S/C21H19NO2/c23-21(24-16-17-9-3-1-4-10-17)22-15-19-13-7-8-14-20(19)18-11-5-2-6-12-18/h1-14H,15-16H2,(H,22,23). The average Bonchev–Trinajstić information content (AvgIpc) is 2.66. The number of hydrogen-bond acceptors (Lipinski definition) is 2. The Morgan fingerprint density at radius 1 is 0.792 bits per heavy atom. The van der Waals surface area contributed by atoms with Crippen LogP contribution in [0.3, 0.4) is 0 Å². The van der Waals surface area contributed by atoms with Gasteiger partial charge >= 0.3 is 6.09 Å². The number of hydrogen-bond donors (Lipinski definition) is 1. The maximum absolute atomic E-state index is 11.9. The Labute approximate surface area is 141 Å². The summed E-state index contributed by atoms with van der Waals surface area (Å²) >= 11 is 0. The molecule has 0 aliphatic heterocycles. The van der Waals surface area contributed by atoms with Crippen LogP contribution in [-0.2, 0) is 17.9 Å². The molecule has 0 atom stereocenters. The maximum atomic E-state index is 11.9. The van der Waals surface area contributed by atoms with Crippen molar-refractivity contribution in [2.24, 2.45) is 0 Å². The highest BCUT2D eigenvalue weighted by Gasteiger charge is 2.07. The van der Waals surface area contributed by atoms with Gasteiger partial charge in [-0.1, -0.05) is 84.9 Å². The number of amides is 1. The summed E-state index contributed by atoms with van der Waals surface area (Å²) in [5.41, 5.74) is 4.27. The smallest absolute Gasteiger partial charge is 0.407 e. The first-order valence-corrected chi connectivity index (χ1v) is 7.91. The van der Waals surface area contributed by atoms with Crippen molar-refractivity contribution in [3.05, 3.63) is 96.1 Å². The first-order valence-electron chi connectivity index (χ1n) is 7.91. The third kappa shape index (κ3) is 4.23. The Hall–Kier alpha value is -3.07. The number of rotatable bonds is 5. The van der Waals surface area contributed by atoms with Crippen molar-refractivity contribution in [3.63, 3.8) is 0 Å². The molecule has 0 bridgehead atoms. The zero-order valence-electron chi connectivity index (χ0n) is 13.3. The molecule has 3 aromatic rings. The molecule has 0 unspecified atom stereocenters. The van der Waals surface area contributed by atoms with E-state index in [1.165, 1.54) is 0 Å². The van der Waals surface area contributed by atoms with E-state index in [1.807, 2.05) is 66.7 Å². The number of carbonyl (C=O) groups is 1. The van der Waals surface area contributed by atoms with Crippen molar-refractivity contribution >= 4 is 6.09 Å². The van der Waals surface area contributed by atoms with Crippen LogP contribution in [0.5, 0.6) is 0 Å². The number of nitrogens with one attached hydrogen (secondary N) is 1. The second-order valence-electron chi connectivity index (χ2n) is 5.44. The fraction of sp³-hybridized carbons (Fsp3) is 0.0952. The first kappa shape index (κ1) is 15.8. The quantitative estimate of drug-likeness (QED) is 0.735. The van der Waals surface area contributed by atoms with Gasteiger partial charge in [-0.25, -0.2) is 4.79 Å². The van der Waals surface area contributed by atoms with Crippen molar-refractivity contribution in [3.8, 4) is 11.1 Å². The molecule has 0 saturated carbocycles. The maximum Gasteiger partial charge on any atom is 0.407 e. The Kier molecular flexibility index (Phi) is 5.25. The lowest BCUT2D eigenvalue weighted by molar-refractivity contribution is 0.139. The molecule has 0 aliphatic carbocycles. The van der Waals surface area contributed by atoms with Crippen LogP contribution >= 0.6 is 0 Å². The molecule has 0 fully saturated rings. The topological polar surface area (TPSA) is 38.3 Å². The second kappa shape index (κ2) is 7.97. The highest BCUT2D eigenvalue weighted by Crippen LogP contribution is 2.23. The third-order valence-corrected chi connectivity index (χ3v) is 3.74. The van der Waals surface area contributed by atoms with Crippen molar-refractivity contribution in [2.45, 2.75) is 13.2 Å². The van der Waals surface area contributed by atoms with Crippen LogP contribution in [0.4, 0.5) is 4.79 Å². The van der Waals surface area contributed by atoms with E-state index < -0.39 is 6.09 Å². The summed E-state index contributed by atoms with van der Waals surface area (Å²) in [7, 11) is 0. The van der Waals surface area contributed by atoms with Gasteiger partial charge in [0.25, 0.3) is 0 Å². The molecule has 0 aliphatic rings. The van der Waals surface area contributed by atoms with E-state index in [9.17, 15) is 4.79 Å². The first-order chi connectivity index (χ1) is 11.8. The van der Waals surface area contributed by atoms with Crippen molar-refractivity contribution in [2.75, 3.05) is 0 Å². The van der Waals surface area contributed by atoms with Crippen LogP contribution in [0.25, 0.3) is 11.1 Å². The minimum absolute atomic E-state index is 0.271. The molecule has 120 valence electrons. The summed E-state index contributed by atoms with van der Waals surface area (Å²) in [5, 5.41) is 2.82. The van der Waals surface area contributed by atoms with Gasteiger partial charge < -0.3 is 10.1 Å². The van der Waals surface area contributed by atoms with Gasteiger partial charge in [-0.15, -0.1) is 0 Å². The zero-order valence-corrected chi connectivity index (χ0v) is 13.3. The fourth-order valence-electron chi connectivity index (χ4n) is 2.52. The minimum atomic E-state index is -0.415. The van der Waals surface area contributed by atoms with Crippen molar-refractivity contribution in [1.29, 1.82) is 0 Å². The molecule has 1 N–H and O–H groups in total. The van der Waals surface area contributed by atoms with Gasteiger partial charge in [0.2, 0.25) is 0 Å². The minimum Gasteiger partial charge on any atom is -0.445 e. The molecule has 1 amide bonds. The lowest BCUT2D eigenvalue weighted by Crippen LogP contribution is -2.23. The highest BCUT2D eigenvalue weighted by molar-refractivity contribution is 5.70. The van der Waals surface area contributed by atoms with Crippen LogP contribution in [0.15, 0.2) is 84.9 Å². The molecule has 3 aromatic carbocycles. The summed E-state index contributed by atoms with van der Waals surface area (Å²) in [4.78, 5) is 11.9. The van der Waals surface area contributed by atoms with Crippen LogP contribution in [0, 0.1) is 0 Å². The molecule has 3 heteroatoms. The summed E-state index contributed by atoms with van der Waals surface area (Å²) in [5.74, 6) is 0. The number of ether oxygens (including phenoxy) is 1. The van der Waals surface area contributed by atoms with E-state index in [0.29, 0.717) is 6.54 Å². The van der Waals surface area contributed by atoms with E-state index in [4.69, 9.17) is 4.74 Å². The predicted molar refractivity (Wildman–Crippen MR) is 95.3 cm³/mol. The van der Waals surface area contributed by atoms with Gasteiger partial charge in [-0.2, -0.15) is 0 Å². The largest absolute Gasteiger partial charge is 0.445 e. The SMILES string of the molecule is O=C(NCc1ccccc1-c1ccccc1)OCc1ccccc1. The Morgan fingerprint density at radius 3 is 2.17 bits per heavy atom. The number of benzene rings is 3. The van der Waals surface area contributed by atoms with E-state index >= 15 is 0 Å². The molecule has 0 spiro atoms. The van der Waals surface area contributed by atoms with Gasteiger partial charge in [0.05, 0.1) is 0 Å². The zero-order chi connectivity index (χ0) is 16.6. The number of carbonyl (C=O) groups excluding carboxylic acids is 1. The average molecular weight is 317 g/mol. The summed E-state index contributed by atoms with van der Waals surface area (Å²) in [6.07, 6.45) is -0.415. The van der Waals surface area contributed by atoms with E-state index in [0.717, 1.165) is 22.3 Å². The predicted octanol–water partition coefficient (Wildman–Crippen LogP) is 4.78. The molecule has 0 radical (unpaired) electrons. The van der Waals surface area contributed by atoms with E-state index in [1.54, 1.807) is 0 Å². The molecular formula is C21H19NO2. The van der Waals surface area contributed by atoms with Crippen LogP contribution in [0.1, 0.15) is 11.1 Å². The lowest BCUT2D eigenvalue weighted by Gasteiger charge is -2.11. The van der Waals surface area contributed by atoms with E-state index in [2.05, 4.69) is 23.5 Å². The van der Waals surface area contributed by atoms with Crippen LogP contribution < -0.4 is 5.32 Å². The van der Waals surface area contributed by atoms with Gasteiger partial charge in [0, 0.05) is 6.54 Å². The molecule has 0 saturated heterocycles. The molecule has 3 nitrogen and oxygen atoms in total. The molecule has 24 heavy (non-hydrogen) atoms. The highest BCUT2D eigenvalue weighted by atomic mass is 16.5. The Bertz CT molecular complexity index is 785. The van der Waals surface area contributed by atoms with Gasteiger partial charge in [0.15, 0.2) is 0 Å². The van der Waals surface area contributed by atoms with E-state index in [-0.39, 0.29) is 6.61 Å². The third-order valence-electron chi connectivity index (χ3n) is 3.74. The van der Waals surface area contributed by atoms with Gasteiger partial charge in [-0.3, -0.25) is 0 Å². The van der Waals surface area contributed by atoms with Crippen molar-refractivity contribution in [1.82, 2.24) is 5.32 Å². The molecule has 3 rings (SSSR count). The molecule has 0 aromatic heterocycles. The van der Waals surface area contributed by atoms with Crippen LogP contribution in [0.2, 0.25) is 0 Å². The summed E-state index contributed by atoms with van der Waals surface area (Å²) < 4.78 is 5.25. The Morgan fingerprint density at radius 2 is 1.42 bits per heavy atom. The number of alkyl carbamates (subject to hydrolysis) is 1. The fourth-order valence-corrected chi connectivity index (χ4v) is 2.52. The molecular weight excluding hydrogens is 298 g/mol. The normalized spacial score (nSPS) is 10.2. The molecule has 0 heterocycles. The lowest BCUT2D eigenvalue weighted by atomic mass is 10.00.